The van der Waals surface area contributed by atoms with Gasteiger partial charge in [0.15, 0.2) is 12.4 Å². The lowest BCUT2D eigenvalue weighted by Gasteiger charge is -2.33. The zero-order valence-corrected chi connectivity index (χ0v) is 16.9. The van der Waals surface area contributed by atoms with Crippen LogP contribution in [0.2, 0.25) is 0 Å². The van der Waals surface area contributed by atoms with Crippen LogP contribution in [-0.2, 0) is 10.0 Å². The van der Waals surface area contributed by atoms with Gasteiger partial charge in [0.2, 0.25) is 10.0 Å². The molecule has 11 heteroatoms. The molecule has 0 spiro atoms. The molecule has 1 saturated heterocycles. The standard InChI is InChI=1S/C18H21N5O5S/c1-13-17(14(2)28-21-13)29(25,26)23-10-8-22(9-11-23)18(24)20-15-3-5-16(6-4-15)27-12-7-19/h3-6H,8-12H2,1-2H3,(H,20,24). The second-order valence-electron chi connectivity index (χ2n) is 6.45. The van der Waals surface area contributed by atoms with Crippen LogP contribution in [0.4, 0.5) is 10.5 Å². The Kier molecular flexibility index (Phi) is 6.05. The first-order chi connectivity index (χ1) is 13.8. The molecule has 0 atom stereocenters. The van der Waals surface area contributed by atoms with Crippen LogP contribution in [0.25, 0.3) is 0 Å². The second-order valence-corrected chi connectivity index (χ2v) is 8.32. The van der Waals surface area contributed by atoms with Gasteiger partial charge < -0.3 is 19.5 Å². The number of nitrogens with zero attached hydrogens (tertiary/aromatic N) is 4. The van der Waals surface area contributed by atoms with Crippen LogP contribution in [0.15, 0.2) is 33.7 Å². The summed E-state index contributed by atoms with van der Waals surface area (Å²) >= 11 is 0. The van der Waals surface area contributed by atoms with E-state index in [1.54, 1.807) is 43.0 Å². The molecule has 1 aliphatic rings. The van der Waals surface area contributed by atoms with Crippen molar-refractivity contribution in [3.05, 3.63) is 35.7 Å². The number of ether oxygens (including phenoxy) is 1. The molecule has 0 radical (unpaired) electrons. The van der Waals surface area contributed by atoms with Crippen molar-refractivity contribution in [2.24, 2.45) is 0 Å². The molecule has 1 fully saturated rings. The lowest BCUT2D eigenvalue weighted by molar-refractivity contribution is 0.184. The van der Waals surface area contributed by atoms with Crippen LogP contribution in [0.5, 0.6) is 5.75 Å². The van der Waals surface area contributed by atoms with Crippen molar-refractivity contribution in [1.29, 1.82) is 5.26 Å². The number of rotatable bonds is 5. The third-order valence-corrected chi connectivity index (χ3v) is 6.64. The molecule has 10 nitrogen and oxygen atoms in total. The van der Waals surface area contributed by atoms with Gasteiger partial charge in [0.25, 0.3) is 0 Å². The van der Waals surface area contributed by atoms with Gasteiger partial charge in [-0.2, -0.15) is 9.57 Å². The Hall–Kier alpha value is -3.10. The molecule has 0 aliphatic carbocycles. The molecule has 3 rings (SSSR count). The van der Waals surface area contributed by atoms with Gasteiger partial charge in [0.1, 0.15) is 22.4 Å². The summed E-state index contributed by atoms with van der Waals surface area (Å²) in [6.45, 7) is 3.99. The molecule has 2 aromatic rings. The largest absolute Gasteiger partial charge is 0.479 e. The number of urea groups is 1. The van der Waals surface area contributed by atoms with E-state index in [9.17, 15) is 13.2 Å². The molecule has 1 N–H and O–H groups in total. The SMILES string of the molecule is Cc1noc(C)c1S(=O)(=O)N1CCN(C(=O)Nc2ccc(OCC#N)cc2)CC1. The van der Waals surface area contributed by atoms with Gasteiger partial charge in [-0.05, 0) is 38.1 Å². The number of carbonyl (C=O) groups is 1. The average molecular weight is 419 g/mol. The van der Waals surface area contributed by atoms with E-state index >= 15 is 0 Å². The zero-order chi connectivity index (χ0) is 21.0. The summed E-state index contributed by atoms with van der Waals surface area (Å²) in [6.07, 6.45) is 0. The number of benzene rings is 1. The van der Waals surface area contributed by atoms with Crippen molar-refractivity contribution < 1.29 is 22.5 Å². The minimum atomic E-state index is -3.72. The van der Waals surface area contributed by atoms with Crippen molar-refractivity contribution in [2.45, 2.75) is 18.7 Å². The molecule has 2 heterocycles. The third-order valence-electron chi connectivity index (χ3n) is 4.50. The van der Waals surface area contributed by atoms with Gasteiger partial charge in [-0.3, -0.25) is 0 Å². The van der Waals surface area contributed by atoms with Crippen LogP contribution in [0, 0.1) is 25.2 Å². The topological polar surface area (TPSA) is 129 Å². The monoisotopic (exact) mass is 419 g/mol. The highest BCUT2D eigenvalue weighted by atomic mass is 32.2. The number of anilines is 1. The number of nitrogens with one attached hydrogen (secondary N) is 1. The number of hydrogen-bond acceptors (Lipinski definition) is 7. The first-order valence-corrected chi connectivity index (χ1v) is 10.4. The fourth-order valence-electron chi connectivity index (χ4n) is 3.06. The molecule has 29 heavy (non-hydrogen) atoms. The molecule has 2 amide bonds. The van der Waals surface area contributed by atoms with Crippen LogP contribution < -0.4 is 10.1 Å². The first-order valence-electron chi connectivity index (χ1n) is 8.91. The molecular weight excluding hydrogens is 398 g/mol. The molecule has 1 aliphatic heterocycles. The Balaban J connectivity index is 1.58. The summed E-state index contributed by atoms with van der Waals surface area (Å²) in [4.78, 5) is 14.1. The maximum Gasteiger partial charge on any atom is 0.321 e. The predicted octanol–water partition coefficient (Wildman–Crippen LogP) is 1.73. The summed E-state index contributed by atoms with van der Waals surface area (Å²) < 4.78 is 37.2. The highest BCUT2D eigenvalue weighted by molar-refractivity contribution is 7.89. The highest BCUT2D eigenvalue weighted by Crippen LogP contribution is 2.24. The van der Waals surface area contributed by atoms with Crippen LogP contribution in [0.1, 0.15) is 11.5 Å². The van der Waals surface area contributed by atoms with Gasteiger partial charge in [0, 0.05) is 31.9 Å². The number of nitriles is 1. The van der Waals surface area contributed by atoms with E-state index in [0.717, 1.165) is 0 Å². The fourth-order valence-corrected chi connectivity index (χ4v) is 4.77. The summed E-state index contributed by atoms with van der Waals surface area (Å²) in [5, 5.41) is 15.0. The molecule has 1 aromatic carbocycles. The summed E-state index contributed by atoms with van der Waals surface area (Å²) in [5.41, 5.74) is 0.898. The van der Waals surface area contributed by atoms with Gasteiger partial charge in [-0.25, -0.2) is 13.2 Å². The highest BCUT2D eigenvalue weighted by Gasteiger charge is 2.34. The third kappa shape index (κ3) is 4.49. The smallest absolute Gasteiger partial charge is 0.321 e. The number of aromatic nitrogens is 1. The van der Waals surface area contributed by atoms with Crippen molar-refractivity contribution in [3.63, 3.8) is 0 Å². The van der Waals surface area contributed by atoms with E-state index in [1.807, 2.05) is 6.07 Å². The zero-order valence-electron chi connectivity index (χ0n) is 16.1. The first kappa shape index (κ1) is 20.6. The molecule has 1 aromatic heterocycles. The van der Waals surface area contributed by atoms with Crippen LogP contribution in [0.3, 0.4) is 0 Å². The summed E-state index contributed by atoms with van der Waals surface area (Å²) in [5.74, 6) is 0.785. The van der Waals surface area contributed by atoms with E-state index in [4.69, 9.17) is 14.5 Å². The van der Waals surface area contributed by atoms with E-state index in [1.165, 1.54) is 4.31 Å². The van der Waals surface area contributed by atoms with Crippen molar-refractivity contribution >= 4 is 21.7 Å². The van der Waals surface area contributed by atoms with Gasteiger partial charge in [-0.15, -0.1) is 0 Å². The van der Waals surface area contributed by atoms with E-state index in [-0.39, 0.29) is 49.5 Å². The Morgan fingerprint density at radius 1 is 1.24 bits per heavy atom. The Morgan fingerprint density at radius 2 is 1.90 bits per heavy atom. The van der Waals surface area contributed by atoms with E-state index in [2.05, 4.69) is 10.5 Å². The Morgan fingerprint density at radius 3 is 2.45 bits per heavy atom. The summed E-state index contributed by atoms with van der Waals surface area (Å²) in [7, 11) is -3.72. The number of amides is 2. The molecular formula is C18H21N5O5S. The van der Waals surface area contributed by atoms with Crippen LogP contribution in [-0.4, -0.2) is 61.6 Å². The maximum absolute atomic E-state index is 12.8. The second kappa shape index (κ2) is 8.50. The fraction of sp³-hybridized carbons (Fsp3) is 0.389. The molecule has 0 saturated carbocycles. The number of carbonyl (C=O) groups excluding carboxylic acids is 1. The Labute approximate surface area is 168 Å². The minimum absolute atomic E-state index is 0.0488. The maximum atomic E-state index is 12.8. The molecule has 0 unspecified atom stereocenters. The lowest BCUT2D eigenvalue weighted by atomic mass is 10.3. The normalized spacial score (nSPS) is 15.0. The summed E-state index contributed by atoms with van der Waals surface area (Å²) in [6, 6.07) is 8.21. The van der Waals surface area contributed by atoms with Gasteiger partial charge in [0.05, 0.1) is 0 Å². The molecule has 0 bridgehead atoms. The predicted molar refractivity (Wildman–Crippen MR) is 103 cm³/mol. The van der Waals surface area contributed by atoms with Crippen LogP contribution >= 0.6 is 0 Å². The quantitative estimate of drug-likeness (QED) is 0.781. The van der Waals surface area contributed by atoms with E-state index < -0.39 is 10.0 Å². The van der Waals surface area contributed by atoms with E-state index in [0.29, 0.717) is 17.1 Å². The van der Waals surface area contributed by atoms with Crippen molar-refractivity contribution in [2.75, 3.05) is 38.1 Å². The van der Waals surface area contributed by atoms with Crippen molar-refractivity contribution in [1.82, 2.24) is 14.4 Å². The van der Waals surface area contributed by atoms with Crippen molar-refractivity contribution in [3.8, 4) is 11.8 Å². The number of aryl methyl sites for hydroxylation is 2. The molecule has 154 valence electrons. The Bertz CT molecular complexity index is 998. The number of hydrogen-bond donors (Lipinski definition) is 1. The number of piperazine rings is 1. The minimum Gasteiger partial charge on any atom is -0.479 e. The lowest BCUT2D eigenvalue weighted by Crippen LogP contribution is -2.51. The average Bonchev–Trinajstić information content (AvgIpc) is 3.06. The van der Waals surface area contributed by atoms with Gasteiger partial charge in [-0.1, -0.05) is 5.16 Å². The van der Waals surface area contributed by atoms with Gasteiger partial charge >= 0.3 is 6.03 Å². The number of sulfonamides is 1.